The van der Waals surface area contributed by atoms with E-state index in [9.17, 15) is 14.4 Å². The third-order valence-electron chi connectivity index (χ3n) is 1.95. The molecule has 1 saturated heterocycles. The number of aliphatic carboxylic acids is 1. The fourth-order valence-corrected chi connectivity index (χ4v) is 1.23. The molecule has 1 atom stereocenters. The largest absolute Gasteiger partial charge is 0.481 e. The number of rotatable bonds is 4. The van der Waals surface area contributed by atoms with Crippen LogP contribution >= 0.6 is 0 Å². The number of carboxylic acid groups (broad SMARTS) is 1. The molecule has 0 aromatic rings. The van der Waals surface area contributed by atoms with E-state index in [0.717, 1.165) is 0 Å². The minimum absolute atomic E-state index is 0.0978. The zero-order valence-electron chi connectivity index (χ0n) is 7.58. The second-order valence-corrected chi connectivity index (χ2v) is 3.09. The maximum atomic E-state index is 11.3. The monoisotopic (exact) mass is 200 g/mol. The Morgan fingerprint density at radius 1 is 1.57 bits per heavy atom. The van der Waals surface area contributed by atoms with E-state index < -0.39 is 12.0 Å². The van der Waals surface area contributed by atoms with Crippen LogP contribution < -0.4 is 10.6 Å². The Balaban J connectivity index is 2.22. The molecular formula is C8H12N2O4. The van der Waals surface area contributed by atoms with Crippen LogP contribution in [0.2, 0.25) is 0 Å². The molecule has 14 heavy (non-hydrogen) atoms. The first-order chi connectivity index (χ1) is 6.59. The number of nitrogens with one attached hydrogen (secondary N) is 2. The molecule has 0 spiro atoms. The average molecular weight is 200 g/mol. The lowest BCUT2D eigenvalue weighted by Crippen LogP contribution is -2.42. The summed E-state index contributed by atoms with van der Waals surface area (Å²) in [5.41, 5.74) is 0. The van der Waals surface area contributed by atoms with Gasteiger partial charge in [0.25, 0.3) is 0 Å². The van der Waals surface area contributed by atoms with Crippen LogP contribution in [-0.4, -0.2) is 35.5 Å². The highest BCUT2D eigenvalue weighted by atomic mass is 16.4. The number of carbonyl (C=O) groups excluding carboxylic acids is 2. The quantitative estimate of drug-likeness (QED) is 0.534. The van der Waals surface area contributed by atoms with Gasteiger partial charge in [0.2, 0.25) is 11.8 Å². The average Bonchev–Trinajstić information content (AvgIpc) is 2.51. The summed E-state index contributed by atoms with van der Waals surface area (Å²) in [5, 5.41) is 13.2. The van der Waals surface area contributed by atoms with E-state index in [-0.39, 0.29) is 24.8 Å². The summed E-state index contributed by atoms with van der Waals surface area (Å²) < 4.78 is 0. The lowest BCUT2D eigenvalue weighted by Gasteiger charge is -2.09. The predicted molar refractivity (Wildman–Crippen MR) is 46.4 cm³/mol. The van der Waals surface area contributed by atoms with Crippen LogP contribution in [-0.2, 0) is 14.4 Å². The van der Waals surface area contributed by atoms with Crippen molar-refractivity contribution in [2.45, 2.75) is 25.3 Å². The Morgan fingerprint density at radius 3 is 2.79 bits per heavy atom. The zero-order chi connectivity index (χ0) is 10.6. The number of carboxylic acids is 1. The van der Waals surface area contributed by atoms with Crippen molar-refractivity contribution in [3.63, 3.8) is 0 Å². The van der Waals surface area contributed by atoms with Gasteiger partial charge in [0.1, 0.15) is 6.04 Å². The van der Waals surface area contributed by atoms with Gasteiger partial charge in [0, 0.05) is 13.0 Å². The molecule has 78 valence electrons. The first-order valence-electron chi connectivity index (χ1n) is 4.38. The van der Waals surface area contributed by atoms with E-state index >= 15 is 0 Å². The molecule has 0 bridgehead atoms. The maximum absolute atomic E-state index is 11.3. The van der Waals surface area contributed by atoms with Crippen LogP contribution in [0.15, 0.2) is 0 Å². The van der Waals surface area contributed by atoms with Crippen molar-refractivity contribution in [1.82, 2.24) is 10.6 Å². The van der Waals surface area contributed by atoms with E-state index in [1.165, 1.54) is 0 Å². The molecule has 6 nitrogen and oxygen atoms in total. The van der Waals surface area contributed by atoms with E-state index in [1.54, 1.807) is 0 Å². The SMILES string of the molecule is O=C(O)CCNC(=O)[C@H]1CCC(=O)N1. The molecule has 0 aromatic heterocycles. The van der Waals surface area contributed by atoms with Gasteiger partial charge in [-0.1, -0.05) is 0 Å². The lowest BCUT2D eigenvalue weighted by molar-refractivity contribution is -0.137. The maximum Gasteiger partial charge on any atom is 0.305 e. The van der Waals surface area contributed by atoms with Crippen molar-refractivity contribution in [3.8, 4) is 0 Å². The number of hydrogen-bond donors (Lipinski definition) is 3. The summed E-state index contributed by atoms with van der Waals surface area (Å²) in [6.45, 7) is 0.0978. The fourth-order valence-electron chi connectivity index (χ4n) is 1.23. The van der Waals surface area contributed by atoms with E-state index in [0.29, 0.717) is 12.8 Å². The molecule has 3 N–H and O–H groups in total. The van der Waals surface area contributed by atoms with Gasteiger partial charge < -0.3 is 15.7 Å². The third kappa shape index (κ3) is 3.04. The first kappa shape index (κ1) is 10.5. The van der Waals surface area contributed by atoms with Gasteiger partial charge >= 0.3 is 5.97 Å². The van der Waals surface area contributed by atoms with Gasteiger partial charge in [-0.3, -0.25) is 14.4 Å². The molecule has 6 heteroatoms. The highest BCUT2D eigenvalue weighted by Gasteiger charge is 2.26. The van der Waals surface area contributed by atoms with Crippen LogP contribution in [0.4, 0.5) is 0 Å². The highest BCUT2D eigenvalue weighted by molar-refractivity contribution is 5.90. The minimum atomic E-state index is -0.958. The zero-order valence-corrected chi connectivity index (χ0v) is 7.58. The van der Waals surface area contributed by atoms with Gasteiger partial charge in [-0.2, -0.15) is 0 Å². The molecule has 0 aliphatic carbocycles. The van der Waals surface area contributed by atoms with Crippen LogP contribution in [0.25, 0.3) is 0 Å². The highest BCUT2D eigenvalue weighted by Crippen LogP contribution is 2.05. The van der Waals surface area contributed by atoms with Crippen molar-refractivity contribution < 1.29 is 19.5 Å². The van der Waals surface area contributed by atoms with Gasteiger partial charge in [-0.15, -0.1) is 0 Å². The molecule has 0 saturated carbocycles. The van der Waals surface area contributed by atoms with E-state index in [2.05, 4.69) is 10.6 Å². The van der Waals surface area contributed by atoms with E-state index in [1.807, 2.05) is 0 Å². The van der Waals surface area contributed by atoms with E-state index in [4.69, 9.17) is 5.11 Å². The lowest BCUT2D eigenvalue weighted by atomic mass is 10.2. The Bertz CT molecular complexity index is 264. The molecular weight excluding hydrogens is 188 g/mol. The van der Waals surface area contributed by atoms with Crippen LogP contribution in [0.5, 0.6) is 0 Å². The van der Waals surface area contributed by atoms with Crippen molar-refractivity contribution in [1.29, 1.82) is 0 Å². The minimum Gasteiger partial charge on any atom is -0.481 e. The summed E-state index contributed by atoms with van der Waals surface area (Å²) in [5.74, 6) is -1.40. The molecule has 1 aliphatic heterocycles. The predicted octanol–water partition coefficient (Wildman–Crippen LogP) is -1.14. The molecule has 0 radical (unpaired) electrons. The Labute approximate surface area is 80.7 Å². The molecule has 2 amide bonds. The summed E-state index contributed by atoms with van der Waals surface area (Å²) in [4.78, 5) is 32.1. The summed E-state index contributed by atoms with van der Waals surface area (Å²) >= 11 is 0. The summed E-state index contributed by atoms with van der Waals surface area (Å²) in [6, 6.07) is -0.490. The third-order valence-corrected chi connectivity index (χ3v) is 1.95. The smallest absolute Gasteiger partial charge is 0.305 e. The number of amides is 2. The second kappa shape index (κ2) is 4.59. The molecule has 1 aliphatic rings. The molecule has 1 rings (SSSR count). The van der Waals surface area contributed by atoms with Crippen LogP contribution in [0, 0.1) is 0 Å². The molecule has 0 aromatic carbocycles. The van der Waals surface area contributed by atoms with Gasteiger partial charge in [0.05, 0.1) is 6.42 Å². The van der Waals surface area contributed by atoms with Gasteiger partial charge in [-0.25, -0.2) is 0 Å². The Morgan fingerprint density at radius 2 is 2.29 bits per heavy atom. The van der Waals surface area contributed by atoms with Crippen molar-refractivity contribution >= 4 is 17.8 Å². The molecule has 1 fully saturated rings. The van der Waals surface area contributed by atoms with Gasteiger partial charge in [-0.05, 0) is 6.42 Å². The Kier molecular flexibility index (Phi) is 3.44. The normalized spacial score (nSPS) is 20.3. The van der Waals surface area contributed by atoms with Crippen LogP contribution in [0.3, 0.4) is 0 Å². The number of carbonyl (C=O) groups is 3. The molecule has 1 heterocycles. The van der Waals surface area contributed by atoms with Gasteiger partial charge in [0.15, 0.2) is 0 Å². The standard InChI is InChI=1S/C8H12N2O4/c11-6-2-1-5(10-6)8(14)9-4-3-7(12)13/h5H,1-4H2,(H,9,14)(H,10,11)(H,12,13)/t5-/m1/s1. The topological polar surface area (TPSA) is 95.5 Å². The first-order valence-corrected chi connectivity index (χ1v) is 4.38. The summed E-state index contributed by atoms with van der Waals surface area (Å²) in [6.07, 6.45) is 0.737. The molecule has 0 unspecified atom stereocenters. The van der Waals surface area contributed by atoms with Crippen molar-refractivity contribution in [2.24, 2.45) is 0 Å². The fraction of sp³-hybridized carbons (Fsp3) is 0.625. The van der Waals surface area contributed by atoms with Crippen molar-refractivity contribution in [3.05, 3.63) is 0 Å². The van der Waals surface area contributed by atoms with Crippen LogP contribution in [0.1, 0.15) is 19.3 Å². The number of hydrogen-bond acceptors (Lipinski definition) is 3. The summed E-state index contributed by atoms with van der Waals surface area (Å²) in [7, 11) is 0. The second-order valence-electron chi connectivity index (χ2n) is 3.09. The Hall–Kier alpha value is -1.59. The van der Waals surface area contributed by atoms with Crippen molar-refractivity contribution in [2.75, 3.05) is 6.54 Å².